The fourth-order valence-electron chi connectivity index (χ4n) is 1.32. The molecule has 94 valence electrons. The van der Waals surface area contributed by atoms with Crippen LogP contribution < -0.4 is 0 Å². The highest BCUT2D eigenvalue weighted by molar-refractivity contribution is 9.10. The van der Waals surface area contributed by atoms with Gasteiger partial charge in [0.2, 0.25) is 0 Å². The summed E-state index contributed by atoms with van der Waals surface area (Å²) in [7, 11) is 1.60. The maximum atomic E-state index is 6.05. The molecule has 0 aliphatic heterocycles. The molecule has 0 aromatic carbocycles. The lowest BCUT2D eigenvalue weighted by molar-refractivity contribution is 0.181. The van der Waals surface area contributed by atoms with Crippen molar-refractivity contribution in [2.24, 2.45) is 0 Å². The number of nitrogens with zero attached hydrogens (tertiary/aromatic N) is 3. The molecular formula is C11H8Br2ClN3O. The van der Waals surface area contributed by atoms with Crippen LogP contribution in [0.4, 0.5) is 0 Å². The summed E-state index contributed by atoms with van der Waals surface area (Å²) in [5, 5.41) is 0.344. The summed E-state index contributed by atoms with van der Waals surface area (Å²) < 4.78 is 6.61. The third kappa shape index (κ3) is 3.06. The average Bonchev–Trinajstić information content (AvgIpc) is 2.36. The largest absolute Gasteiger partial charge is 0.378 e. The Kier molecular flexibility index (Phi) is 4.66. The second-order valence-electron chi connectivity index (χ2n) is 3.39. The minimum Gasteiger partial charge on any atom is -0.378 e. The number of hydrogen-bond acceptors (Lipinski definition) is 4. The molecule has 0 N–H and O–H groups in total. The summed E-state index contributed by atoms with van der Waals surface area (Å²) in [6, 6.07) is 3.69. The number of aromatic nitrogens is 3. The van der Waals surface area contributed by atoms with E-state index in [0.717, 1.165) is 4.47 Å². The molecule has 0 fully saturated rings. The predicted octanol–water partition coefficient (Wildman–Crippen LogP) is 3.86. The average molecular weight is 393 g/mol. The van der Waals surface area contributed by atoms with Crippen molar-refractivity contribution in [2.45, 2.75) is 6.61 Å². The van der Waals surface area contributed by atoms with Crippen LogP contribution in [0, 0.1) is 0 Å². The fraction of sp³-hybridized carbons (Fsp3) is 0.182. The summed E-state index contributed by atoms with van der Waals surface area (Å²) >= 11 is 12.7. The normalized spacial score (nSPS) is 10.7. The number of ether oxygens (including phenoxy) is 1. The van der Waals surface area contributed by atoms with Crippen molar-refractivity contribution in [3.05, 3.63) is 38.1 Å². The van der Waals surface area contributed by atoms with Crippen molar-refractivity contribution in [1.82, 2.24) is 15.0 Å². The molecule has 0 atom stereocenters. The fourth-order valence-corrected chi connectivity index (χ4v) is 2.03. The van der Waals surface area contributed by atoms with Crippen LogP contribution in [-0.2, 0) is 11.3 Å². The van der Waals surface area contributed by atoms with E-state index in [1.165, 1.54) is 0 Å². The SMILES string of the molecule is COCc1nc(-c2ccc(Br)cn2)nc(Cl)c1Br. The van der Waals surface area contributed by atoms with Gasteiger partial charge in [0.25, 0.3) is 0 Å². The lowest BCUT2D eigenvalue weighted by Gasteiger charge is -2.07. The minimum atomic E-state index is 0.344. The van der Waals surface area contributed by atoms with E-state index >= 15 is 0 Å². The van der Waals surface area contributed by atoms with Gasteiger partial charge >= 0.3 is 0 Å². The van der Waals surface area contributed by atoms with Gasteiger partial charge in [-0.15, -0.1) is 0 Å². The topological polar surface area (TPSA) is 47.9 Å². The number of rotatable bonds is 3. The number of methoxy groups -OCH3 is 1. The van der Waals surface area contributed by atoms with Crippen LogP contribution in [0.1, 0.15) is 5.69 Å². The first kappa shape index (κ1) is 13.9. The van der Waals surface area contributed by atoms with Crippen LogP contribution in [0.15, 0.2) is 27.3 Å². The molecule has 4 nitrogen and oxygen atoms in total. The molecule has 18 heavy (non-hydrogen) atoms. The van der Waals surface area contributed by atoms with Crippen LogP contribution in [0.3, 0.4) is 0 Å². The zero-order chi connectivity index (χ0) is 13.1. The monoisotopic (exact) mass is 391 g/mol. The van der Waals surface area contributed by atoms with Gasteiger partial charge in [-0.05, 0) is 44.0 Å². The second kappa shape index (κ2) is 6.06. The molecule has 0 unspecified atom stereocenters. The Morgan fingerprint density at radius 1 is 1.28 bits per heavy atom. The first-order chi connectivity index (χ1) is 8.61. The first-order valence-corrected chi connectivity index (χ1v) is 6.91. The van der Waals surface area contributed by atoms with Gasteiger partial charge in [0.15, 0.2) is 5.82 Å². The van der Waals surface area contributed by atoms with E-state index in [2.05, 4.69) is 46.8 Å². The van der Waals surface area contributed by atoms with Crippen LogP contribution in [0.2, 0.25) is 5.15 Å². The smallest absolute Gasteiger partial charge is 0.179 e. The Hall–Kier alpha value is -0.560. The Balaban J connectivity index is 2.48. The quantitative estimate of drug-likeness (QED) is 0.743. The molecular weight excluding hydrogens is 385 g/mol. The van der Waals surface area contributed by atoms with Gasteiger partial charge in [-0.25, -0.2) is 9.97 Å². The maximum Gasteiger partial charge on any atom is 0.179 e. The van der Waals surface area contributed by atoms with E-state index < -0.39 is 0 Å². The van der Waals surface area contributed by atoms with Gasteiger partial charge in [-0.2, -0.15) is 0 Å². The third-order valence-electron chi connectivity index (χ3n) is 2.12. The van der Waals surface area contributed by atoms with Crippen molar-refractivity contribution in [3.8, 4) is 11.5 Å². The maximum absolute atomic E-state index is 6.05. The van der Waals surface area contributed by atoms with Crippen molar-refractivity contribution >= 4 is 43.5 Å². The third-order valence-corrected chi connectivity index (χ3v) is 3.92. The van der Waals surface area contributed by atoms with Crippen LogP contribution in [0.25, 0.3) is 11.5 Å². The number of hydrogen-bond donors (Lipinski definition) is 0. The minimum absolute atomic E-state index is 0.344. The molecule has 0 aliphatic rings. The number of pyridine rings is 1. The zero-order valence-electron chi connectivity index (χ0n) is 9.32. The molecule has 7 heteroatoms. The molecule has 2 rings (SSSR count). The van der Waals surface area contributed by atoms with Gasteiger partial charge in [-0.1, -0.05) is 11.6 Å². The Labute approximate surface area is 126 Å². The molecule has 0 saturated heterocycles. The highest BCUT2D eigenvalue weighted by Gasteiger charge is 2.12. The molecule has 2 heterocycles. The standard InChI is InChI=1S/C11H8Br2ClN3O/c1-18-5-8-9(13)10(14)17-11(16-8)7-3-2-6(12)4-15-7/h2-4H,5H2,1H3. The molecule has 0 aliphatic carbocycles. The molecule has 0 radical (unpaired) electrons. The molecule has 2 aromatic rings. The first-order valence-electron chi connectivity index (χ1n) is 4.94. The highest BCUT2D eigenvalue weighted by Crippen LogP contribution is 2.27. The van der Waals surface area contributed by atoms with E-state index in [0.29, 0.717) is 33.4 Å². The second-order valence-corrected chi connectivity index (χ2v) is 5.46. The highest BCUT2D eigenvalue weighted by atomic mass is 79.9. The van der Waals surface area contributed by atoms with Crippen molar-refractivity contribution < 1.29 is 4.74 Å². The van der Waals surface area contributed by atoms with E-state index in [-0.39, 0.29) is 0 Å². The molecule has 0 bridgehead atoms. The predicted molar refractivity (Wildman–Crippen MR) is 76.4 cm³/mol. The Bertz CT molecular complexity index is 563. The van der Waals surface area contributed by atoms with E-state index in [9.17, 15) is 0 Å². The van der Waals surface area contributed by atoms with E-state index in [4.69, 9.17) is 16.3 Å². The molecule has 2 aromatic heterocycles. The van der Waals surface area contributed by atoms with Crippen molar-refractivity contribution in [2.75, 3.05) is 7.11 Å². The Morgan fingerprint density at radius 2 is 2.06 bits per heavy atom. The Morgan fingerprint density at radius 3 is 2.67 bits per heavy atom. The van der Waals surface area contributed by atoms with Crippen molar-refractivity contribution in [1.29, 1.82) is 0 Å². The summed E-state index contributed by atoms with van der Waals surface area (Å²) in [5.41, 5.74) is 1.35. The summed E-state index contributed by atoms with van der Waals surface area (Å²) in [6.07, 6.45) is 1.69. The summed E-state index contributed by atoms with van der Waals surface area (Å²) in [5.74, 6) is 0.475. The van der Waals surface area contributed by atoms with Gasteiger partial charge in [-0.3, -0.25) is 4.98 Å². The zero-order valence-corrected chi connectivity index (χ0v) is 13.3. The van der Waals surface area contributed by atoms with Crippen molar-refractivity contribution in [3.63, 3.8) is 0 Å². The molecule has 0 spiro atoms. The van der Waals surface area contributed by atoms with Gasteiger partial charge in [0.05, 0.1) is 16.8 Å². The summed E-state index contributed by atoms with van der Waals surface area (Å²) in [6.45, 7) is 0.354. The van der Waals surface area contributed by atoms with Gasteiger partial charge in [0, 0.05) is 17.8 Å². The summed E-state index contributed by atoms with van der Waals surface area (Å²) in [4.78, 5) is 12.8. The molecule has 0 saturated carbocycles. The molecule has 0 amide bonds. The lowest BCUT2D eigenvalue weighted by Crippen LogP contribution is -2.00. The van der Waals surface area contributed by atoms with Crippen LogP contribution >= 0.6 is 43.5 Å². The number of halogens is 3. The van der Waals surface area contributed by atoms with Crippen LogP contribution in [-0.4, -0.2) is 22.1 Å². The van der Waals surface area contributed by atoms with Gasteiger partial charge in [0.1, 0.15) is 10.8 Å². The lowest BCUT2D eigenvalue weighted by atomic mass is 10.3. The van der Waals surface area contributed by atoms with E-state index in [1.807, 2.05) is 12.1 Å². The van der Waals surface area contributed by atoms with Gasteiger partial charge < -0.3 is 4.74 Å². The van der Waals surface area contributed by atoms with E-state index in [1.54, 1.807) is 13.3 Å². The van der Waals surface area contributed by atoms with Crippen LogP contribution in [0.5, 0.6) is 0 Å².